The predicted molar refractivity (Wildman–Crippen MR) is 130 cm³/mol. The third kappa shape index (κ3) is 3.86. The van der Waals surface area contributed by atoms with Crippen LogP contribution in [0, 0.1) is 5.92 Å². The quantitative estimate of drug-likeness (QED) is 0.337. The third-order valence-corrected chi connectivity index (χ3v) is 6.21. The fourth-order valence-corrected chi connectivity index (χ4v) is 4.64. The van der Waals surface area contributed by atoms with Crippen molar-refractivity contribution in [2.45, 2.75) is 19.5 Å². The summed E-state index contributed by atoms with van der Waals surface area (Å²) < 4.78 is 12.6. The Morgan fingerprint density at radius 1 is 1.06 bits per heavy atom. The van der Waals surface area contributed by atoms with Gasteiger partial charge in [-0.2, -0.15) is 0 Å². The monoisotopic (exact) mass is 471 g/mol. The number of phenols is 1. The van der Waals surface area contributed by atoms with Crippen molar-refractivity contribution in [3.8, 4) is 11.5 Å². The fourth-order valence-electron chi connectivity index (χ4n) is 4.64. The summed E-state index contributed by atoms with van der Waals surface area (Å²) in [7, 11) is 1.45. The highest BCUT2D eigenvalue weighted by molar-refractivity contribution is 6.08. The van der Waals surface area contributed by atoms with Gasteiger partial charge < -0.3 is 19.1 Å². The highest BCUT2D eigenvalue weighted by Crippen LogP contribution is 2.43. The van der Waals surface area contributed by atoms with Crippen LogP contribution in [0.5, 0.6) is 11.5 Å². The van der Waals surface area contributed by atoms with Crippen LogP contribution in [-0.4, -0.2) is 40.3 Å². The number of aromatic hydroxyl groups is 1. The molecule has 1 N–H and O–H groups in total. The second-order valence-electron chi connectivity index (χ2n) is 8.29. The van der Waals surface area contributed by atoms with E-state index in [2.05, 4.69) is 0 Å². The molecular weight excluding hydrogens is 446 g/mol. The zero-order valence-corrected chi connectivity index (χ0v) is 19.4. The standard InChI is InChI=1S/C27H25N3O5/c1-3-35-26(33)23-24(18-13-14-21(31)22(15-18)34-2)30-20-12-8-7-11-19(20)28-27(30)29(25(23)32)16-17-9-5-4-6-10-17/h4-15,23-24,31H,3,16H2,1-2H3/t23-,24+/m1/s1. The number of anilines is 1. The molecule has 2 heterocycles. The van der Waals surface area contributed by atoms with Crippen molar-refractivity contribution in [1.82, 2.24) is 9.55 Å². The molecule has 0 spiro atoms. The second-order valence-corrected chi connectivity index (χ2v) is 8.29. The number of rotatable bonds is 6. The van der Waals surface area contributed by atoms with Crippen molar-refractivity contribution >= 4 is 28.9 Å². The highest BCUT2D eigenvalue weighted by Gasteiger charge is 2.48. The van der Waals surface area contributed by atoms with E-state index in [9.17, 15) is 14.7 Å². The van der Waals surface area contributed by atoms with Gasteiger partial charge in [-0.3, -0.25) is 14.5 Å². The second kappa shape index (κ2) is 9.13. The largest absolute Gasteiger partial charge is 0.504 e. The van der Waals surface area contributed by atoms with Crippen molar-refractivity contribution in [2.75, 3.05) is 18.6 Å². The molecule has 1 amide bonds. The van der Waals surface area contributed by atoms with E-state index in [0.29, 0.717) is 17.0 Å². The van der Waals surface area contributed by atoms with Crippen LogP contribution in [0.1, 0.15) is 24.1 Å². The van der Waals surface area contributed by atoms with Crippen LogP contribution in [0.4, 0.5) is 5.95 Å². The van der Waals surface area contributed by atoms with Crippen molar-refractivity contribution in [3.05, 3.63) is 83.9 Å². The summed E-state index contributed by atoms with van der Waals surface area (Å²) in [4.78, 5) is 33.6. The first-order valence-electron chi connectivity index (χ1n) is 11.4. The Morgan fingerprint density at radius 2 is 1.80 bits per heavy atom. The molecule has 35 heavy (non-hydrogen) atoms. The van der Waals surface area contributed by atoms with E-state index < -0.39 is 23.8 Å². The average Bonchev–Trinajstić information content (AvgIpc) is 3.26. The van der Waals surface area contributed by atoms with Crippen molar-refractivity contribution in [1.29, 1.82) is 0 Å². The van der Waals surface area contributed by atoms with Crippen LogP contribution in [0.25, 0.3) is 11.0 Å². The third-order valence-electron chi connectivity index (χ3n) is 6.21. The topological polar surface area (TPSA) is 93.9 Å². The summed E-state index contributed by atoms with van der Waals surface area (Å²) in [6.45, 7) is 2.11. The van der Waals surface area contributed by atoms with Gasteiger partial charge in [-0.15, -0.1) is 0 Å². The number of esters is 1. The van der Waals surface area contributed by atoms with Crippen LogP contribution in [0.15, 0.2) is 72.8 Å². The van der Waals surface area contributed by atoms with Crippen LogP contribution in [0.2, 0.25) is 0 Å². The molecule has 0 fully saturated rings. The molecule has 0 saturated heterocycles. The smallest absolute Gasteiger partial charge is 0.321 e. The van der Waals surface area contributed by atoms with Crippen molar-refractivity contribution in [3.63, 3.8) is 0 Å². The first-order chi connectivity index (χ1) is 17.0. The van der Waals surface area contributed by atoms with Gasteiger partial charge in [0.2, 0.25) is 11.9 Å². The number of nitrogens with zero attached hydrogens (tertiary/aromatic N) is 3. The molecule has 0 saturated carbocycles. The fraction of sp³-hybridized carbons (Fsp3) is 0.222. The molecule has 4 aromatic rings. The normalized spacial score (nSPS) is 17.3. The van der Waals surface area contributed by atoms with E-state index in [4.69, 9.17) is 14.5 Å². The molecule has 178 valence electrons. The number of methoxy groups -OCH3 is 1. The number of hydrogen-bond donors (Lipinski definition) is 1. The molecule has 1 aliphatic heterocycles. The summed E-state index contributed by atoms with van der Waals surface area (Å²) in [6.07, 6.45) is 0. The first-order valence-corrected chi connectivity index (χ1v) is 11.4. The molecular formula is C27H25N3O5. The summed E-state index contributed by atoms with van der Waals surface area (Å²) in [5, 5.41) is 10.2. The summed E-state index contributed by atoms with van der Waals surface area (Å²) in [6, 6.07) is 21.2. The molecule has 8 nitrogen and oxygen atoms in total. The van der Waals surface area contributed by atoms with Gasteiger partial charge in [0.25, 0.3) is 0 Å². The number of carbonyl (C=O) groups is 2. The molecule has 3 aromatic carbocycles. The van der Waals surface area contributed by atoms with Gasteiger partial charge in [-0.25, -0.2) is 4.98 Å². The van der Waals surface area contributed by atoms with Crippen LogP contribution < -0.4 is 9.64 Å². The van der Waals surface area contributed by atoms with Gasteiger partial charge in [0.1, 0.15) is 0 Å². The molecule has 0 unspecified atom stereocenters. The van der Waals surface area contributed by atoms with Crippen LogP contribution in [0.3, 0.4) is 0 Å². The Labute approximate surface area is 202 Å². The maximum absolute atomic E-state index is 14.0. The lowest BCUT2D eigenvalue weighted by atomic mass is 9.89. The molecule has 0 bridgehead atoms. The Bertz CT molecular complexity index is 1400. The molecule has 1 aliphatic rings. The number of ether oxygens (including phenoxy) is 2. The lowest BCUT2D eigenvalue weighted by molar-refractivity contribution is -0.153. The Balaban J connectivity index is 1.76. The number of phenolic OH excluding ortho intramolecular Hbond substituents is 1. The number of benzene rings is 3. The maximum Gasteiger partial charge on any atom is 0.321 e. The van der Waals surface area contributed by atoms with Gasteiger partial charge in [0.05, 0.1) is 37.3 Å². The van der Waals surface area contributed by atoms with Crippen LogP contribution in [-0.2, 0) is 20.9 Å². The molecule has 8 heteroatoms. The number of hydrogen-bond acceptors (Lipinski definition) is 6. The van der Waals surface area contributed by atoms with Gasteiger partial charge in [-0.05, 0) is 42.3 Å². The van der Waals surface area contributed by atoms with Gasteiger partial charge >= 0.3 is 5.97 Å². The van der Waals surface area contributed by atoms with E-state index >= 15 is 0 Å². The minimum atomic E-state index is -1.15. The summed E-state index contributed by atoms with van der Waals surface area (Å²) >= 11 is 0. The first kappa shape index (κ1) is 22.5. The lowest BCUT2D eigenvalue weighted by Crippen LogP contribution is -2.49. The molecule has 2 atom stereocenters. The minimum Gasteiger partial charge on any atom is -0.504 e. The van der Waals surface area contributed by atoms with E-state index in [1.165, 1.54) is 13.2 Å². The number of para-hydroxylation sites is 2. The Hall–Kier alpha value is -4.33. The molecule has 1 aromatic heterocycles. The average molecular weight is 472 g/mol. The van der Waals surface area contributed by atoms with Gasteiger partial charge in [0, 0.05) is 0 Å². The Kier molecular flexibility index (Phi) is 5.86. The van der Waals surface area contributed by atoms with E-state index in [1.54, 1.807) is 24.0 Å². The SMILES string of the molecule is CCOC(=O)[C@H]1C(=O)N(Cc2ccccc2)c2nc3ccccc3n2[C@H]1c1ccc(O)c(OC)c1. The number of imidazole rings is 1. The highest BCUT2D eigenvalue weighted by atomic mass is 16.5. The number of amides is 1. The lowest BCUT2D eigenvalue weighted by Gasteiger charge is -2.38. The van der Waals surface area contributed by atoms with Crippen molar-refractivity contribution in [2.24, 2.45) is 5.92 Å². The van der Waals surface area contributed by atoms with Gasteiger partial charge in [-0.1, -0.05) is 48.5 Å². The predicted octanol–water partition coefficient (Wildman–Crippen LogP) is 4.07. The van der Waals surface area contributed by atoms with Crippen LogP contribution >= 0.6 is 0 Å². The molecule has 0 radical (unpaired) electrons. The number of aromatic nitrogens is 2. The Morgan fingerprint density at radius 3 is 2.54 bits per heavy atom. The van der Waals surface area contributed by atoms with Gasteiger partial charge in [0.15, 0.2) is 17.4 Å². The van der Waals surface area contributed by atoms with E-state index in [0.717, 1.165) is 11.1 Å². The zero-order valence-electron chi connectivity index (χ0n) is 19.4. The van der Waals surface area contributed by atoms with Crippen molar-refractivity contribution < 1.29 is 24.2 Å². The molecule has 5 rings (SSSR count). The van der Waals surface area contributed by atoms with E-state index in [1.807, 2.05) is 59.2 Å². The number of fused-ring (bicyclic) bond motifs is 3. The summed E-state index contributed by atoms with van der Waals surface area (Å²) in [5.41, 5.74) is 3.01. The molecule has 0 aliphatic carbocycles. The number of carbonyl (C=O) groups excluding carboxylic acids is 2. The zero-order chi connectivity index (χ0) is 24.5. The maximum atomic E-state index is 14.0. The summed E-state index contributed by atoms with van der Waals surface area (Å²) in [5.74, 6) is -1.51. The van der Waals surface area contributed by atoms with E-state index in [-0.39, 0.29) is 24.7 Å². The minimum absolute atomic E-state index is 0.0347.